The zero-order chi connectivity index (χ0) is 17.7. The van der Waals surface area contributed by atoms with E-state index in [4.69, 9.17) is 16.3 Å². The zero-order valence-corrected chi connectivity index (χ0v) is 14.8. The van der Waals surface area contributed by atoms with Crippen molar-refractivity contribution >= 4 is 38.9 Å². The summed E-state index contributed by atoms with van der Waals surface area (Å²) in [6.45, 7) is -0.353. The molecule has 0 spiro atoms. The summed E-state index contributed by atoms with van der Waals surface area (Å²) < 4.78 is 30.2. The monoisotopic (exact) mass is 368 g/mol. The van der Waals surface area contributed by atoms with Crippen molar-refractivity contribution in [3.63, 3.8) is 0 Å². The van der Waals surface area contributed by atoms with Crippen molar-refractivity contribution in [3.05, 3.63) is 53.6 Å². The van der Waals surface area contributed by atoms with Crippen LogP contribution in [0.3, 0.4) is 0 Å². The second-order valence-corrected chi connectivity index (χ2v) is 7.37. The number of halogens is 1. The maximum atomic E-state index is 12.2. The summed E-state index contributed by atoms with van der Waals surface area (Å²) in [4.78, 5) is 12.2. The molecule has 0 aliphatic heterocycles. The predicted octanol–water partition coefficient (Wildman–Crippen LogP) is 2.75. The van der Waals surface area contributed by atoms with Gasteiger partial charge in [-0.25, -0.2) is 8.42 Å². The van der Waals surface area contributed by atoms with Crippen molar-refractivity contribution in [2.45, 2.75) is 0 Å². The van der Waals surface area contributed by atoms with E-state index in [1.54, 1.807) is 48.5 Å². The topological polar surface area (TPSA) is 75.7 Å². The molecule has 0 radical (unpaired) electrons. The Morgan fingerprint density at radius 2 is 1.88 bits per heavy atom. The molecule has 1 N–H and O–H groups in total. The molecule has 128 valence electrons. The lowest BCUT2D eigenvalue weighted by atomic mass is 10.3. The Labute approximate surface area is 146 Å². The lowest BCUT2D eigenvalue weighted by molar-refractivity contribution is -0.114. The fraction of sp³-hybridized carbons (Fsp3) is 0.188. The molecule has 6 nitrogen and oxygen atoms in total. The van der Waals surface area contributed by atoms with Crippen molar-refractivity contribution in [2.75, 3.05) is 29.5 Å². The standard InChI is InChI=1S/C16H17ClN2O4S/c1-23-15-5-3-4-14(10-15)19(24(2,21)22)11-16(20)18-13-8-6-12(17)7-9-13/h3-10H,11H2,1-2H3,(H,18,20). The molecule has 1 amide bonds. The normalized spacial score (nSPS) is 11.0. The Bertz CT molecular complexity index is 822. The fourth-order valence-corrected chi connectivity index (χ4v) is 3.00. The van der Waals surface area contributed by atoms with Gasteiger partial charge >= 0.3 is 0 Å². The Hall–Kier alpha value is -2.25. The van der Waals surface area contributed by atoms with E-state index in [2.05, 4.69) is 5.32 Å². The second-order valence-electron chi connectivity index (χ2n) is 5.03. The number of amides is 1. The number of carbonyl (C=O) groups excluding carboxylic acids is 1. The lowest BCUT2D eigenvalue weighted by Crippen LogP contribution is -2.37. The third kappa shape index (κ3) is 4.87. The molecule has 0 fully saturated rings. The molecule has 0 heterocycles. The van der Waals surface area contributed by atoms with Crippen molar-refractivity contribution < 1.29 is 17.9 Å². The highest BCUT2D eigenvalue weighted by Gasteiger charge is 2.21. The van der Waals surface area contributed by atoms with Crippen LogP contribution in [0.15, 0.2) is 48.5 Å². The van der Waals surface area contributed by atoms with Crippen LogP contribution >= 0.6 is 11.6 Å². The van der Waals surface area contributed by atoms with Gasteiger partial charge in [0.05, 0.1) is 19.1 Å². The van der Waals surface area contributed by atoms with Crippen LogP contribution in [0.2, 0.25) is 5.02 Å². The highest BCUT2D eigenvalue weighted by molar-refractivity contribution is 7.92. The Balaban J connectivity index is 2.20. The number of sulfonamides is 1. The van der Waals surface area contributed by atoms with E-state index < -0.39 is 15.9 Å². The van der Waals surface area contributed by atoms with Crippen molar-refractivity contribution in [1.82, 2.24) is 0 Å². The van der Waals surface area contributed by atoms with E-state index in [0.717, 1.165) is 10.6 Å². The molecular weight excluding hydrogens is 352 g/mol. The van der Waals surface area contributed by atoms with Crippen molar-refractivity contribution in [3.8, 4) is 5.75 Å². The number of nitrogens with zero attached hydrogens (tertiary/aromatic N) is 1. The van der Waals surface area contributed by atoms with Crippen LogP contribution in [-0.2, 0) is 14.8 Å². The number of benzene rings is 2. The Morgan fingerprint density at radius 3 is 2.46 bits per heavy atom. The third-order valence-electron chi connectivity index (χ3n) is 3.16. The van der Waals surface area contributed by atoms with Gasteiger partial charge in [0.1, 0.15) is 12.3 Å². The molecular formula is C16H17ClN2O4S. The van der Waals surface area contributed by atoms with Crippen LogP contribution in [0.25, 0.3) is 0 Å². The van der Waals surface area contributed by atoms with Crippen LogP contribution in [0.1, 0.15) is 0 Å². The predicted molar refractivity (Wildman–Crippen MR) is 95.3 cm³/mol. The van der Waals surface area contributed by atoms with Gasteiger partial charge < -0.3 is 10.1 Å². The molecule has 0 unspecified atom stereocenters. The number of nitrogens with one attached hydrogen (secondary N) is 1. The molecule has 2 aromatic rings. The lowest BCUT2D eigenvalue weighted by Gasteiger charge is -2.22. The first kappa shape index (κ1) is 18.1. The fourth-order valence-electron chi connectivity index (χ4n) is 2.03. The second kappa shape index (κ2) is 7.55. The average molecular weight is 369 g/mol. The molecule has 0 saturated carbocycles. The molecule has 0 atom stereocenters. The summed E-state index contributed by atoms with van der Waals surface area (Å²) in [5.41, 5.74) is 0.881. The van der Waals surface area contributed by atoms with Crippen LogP contribution in [-0.4, -0.2) is 34.2 Å². The highest BCUT2D eigenvalue weighted by atomic mass is 35.5. The number of hydrogen-bond donors (Lipinski definition) is 1. The van der Waals surface area contributed by atoms with Crippen LogP contribution < -0.4 is 14.4 Å². The van der Waals surface area contributed by atoms with Gasteiger partial charge in [-0.15, -0.1) is 0 Å². The highest BCUT2D eigenvalue weighted by Crippen LogP contribution is 2.23. The maximum absolute atomic E-state index is 12.2. The molecule has 0 saturated heterocycles. The third-order valence-corrected chi connectivity index (χ3v) is 4.55. The Morgan fingerprint density at radius 1 is 1.21 bits per heavy atom. The average Bonchev–Trinajstić information content (AvgIpc) is 2.54. The van der Waals surface area contributed by atoms with Gasteiger partial charge in [0.2, 0.25) is 15.9 Å². The van der Waals surface area contributed by atoms with Gasteiger partial charge in [-0.3, -0.25) is 9.10 Å². The summed E-state index contributed by atoms with van der Waals surface area (Å²) in [6, 6.07) is 13.0. The number of ether oxygens (including phenoxy) is 1. The summed E-state index contributed by atoms with van der Waals surface area (Å²) in [6.07, 6.45) is 1.04. The van der Waals surface area contributed by atoms with Gasteiger partial charge in [0, 0.05) is 16.8 Å². The quantitative estimate of drug-likeness (QED) is 0.850. The van der Waals surface area contributed by atoms with Crippen LogP contribution in [0, 0.1) is 0 Å². The molecule has 0 aliphatic carbocycles. The van der Waals surface area contributed by atoms with E-state index >= 15 is 0 Å². The molecule has 0 bridgehead atoms. The van der Waals surface area contributed by atoms with Crippen LogP contribution in [0.4, 0.5) is 11.4 Å². The molecule has 2 rings (SSSR count). The summed E-state index contributed by atoms with van der Waals surface area (Å²) >= 11 is 5.79. The van der Waals surface area contributed by atoms with Gasteiger partial charge in [0.15, 0.2) is 0 Å². The van der Waals surface area contributed by atoms with E-state index in [1.165, 1.54) is 7.11 Å². The largest absolute Gasteiger partial charge is 0.497 e. The minimum atomic E-state index is -3.64. The number of methoxy groups -OCH3 is 1. The molecule has 2 aromatic carbocycles. The first-order valence-corrected chi connectivity index (χ1v) is 9.19. The number of carbonyl (C=O) groups is 1. The summed E-state index contributed by atoms with van der Waals surface area (Å²) in [5, 5.41) is 3.18. The molecule has 24 heavy (non-hydrogen) atoms. The minimum Gasteiger partial charge on any atom is -0.497 e. The van der Waals surface area contributed by atoms with Gasteiger partial charge in [0.25, 0.3) is 0 Å². The Kier molecular flexibility index (Phi) is 5.69. The van der Waals surface area contributed by atoms with Crippen molar-refractivity contribution in [1.29, 1.82) is 0 Å². The zero-order valence-electron chi connectivity index (χ0n) is 13.2. The molecule has 8 heteroatoms. The number of hydrogen-bond acceptors (Lipinski definition) is 4. The van der Waals surface area contributed by atoms with Gasteiger partial charge in [-0.05, 0) is 36.4 Å². The molecule has 0 aromatic heterocycles. The van der Waals surface area contributed by atoms with Crippen LogP contribution in [0.5, 0.6) is 5.75 Å². The van der Waals surface area contributed by atoms with Gasteiger partial charge in [-0.2, -0.15) is 0 Å². The SMILES string of the molecule is COc1cccc(N(CC(=O)Nc2ccc(Cl)cc2)S(C)(=O)=O)c1. The first-order valence-electron chi connectivity index (χ1n) is 6.97. The van der Waals surface area contributed by atoms with E-state index in [1.807, 2.05) is 0 Å². The van der Waals surface area contributed by atoms with Crippen molar-refractivity contribution in [2.24, 2.45) is 0 Å². The van der Waals surface area contributed by atoms with E-state index in [0.29, 0.717) is 22.1 Å². The number of anilines is 2. The summed E-state index contributed by atoms with van der Waals surface area (Å²) in [5.74, 6) is 0.0322. The maximum Gasteiger partial charge on any atom is 0.245 e. The molecule has 0 aliphatic rings. The smallest absolute Gasteiger partial charge is 0.245 e. The minimum absolute atomic E-state index is 0.350. The van der Waals surface area contributed by atoms with Gasteiger partial charge in [-0.1, -0.05) is 17.7 Å². The van der Waals surface area contributed by atoms with E-state index in [-0.39, 0.29) is 6.54 Å². The van der Waals surface area contributed by atoms with E-state index in [9.17, 15) is 13.2 Å². The first-order chi connectivity index (χ1) is 11.3. The summed E-state index contributed by atoms with van der Waals surface area (Å²) in [7, 11) is -2.16. The number of rotatable bonds is 6.